The van der Waals surface area contributed by atoms with Crippen molar-refractivity contribution in [1.29, 1.82) is 0 Å². The fourth-order valence-corrected chi connectivity index (χ4v) is 4.02. The van der Waals surface area contributed by atoms with E-state index in [0.29, 0.717) is 12.0 Å². The first-order valence-electron chi connectivity index (χ1n) is 7.09. The maximum absolute atomic E-state index is 5.92. The van der Waals surface area contributed by atoms with E-state index in [-0.39, 0.29) is 0 Å². The lowest BCUT2D eigenvalue weighted by Gasteiger charge is -2.32. The summed E-state index contributed by atoms with van der Waals surface area (Å²) < 4.78 is 5.92. The standard InChI is InChI=1S/C16H19NO/c1-10-2-4-11(5-3-10)16-17-15-13-7-6-12(8-13)14(15)9-18-16/h2-5,12-15H,6-9H2,1H3/t12-,13+,14-,15+/m0/s1. The first kappa shape index (κ1) is 10.6. The van der Waals surface area contributed by atoms with Crippen LogP contribution in [-0.4, -0.2) is 18.5 Å². The third-order valence-electron chi connectivity index (χ3n) is 5.02. The highest BCUT2D eigenvalue weighted by molar-refractivity contribution is 5.94. The van der Waals surface area contributed by atoms with Gasteiger partial charge in [-0.1, -0.05) is 17.7 Å². The van der Waals surface area contributed by atoms with Gasteiger partial charge in [-0.25, -0.2) is 4.99 Å². The maximum Gasteiger partial charge on any atom is 0.216 e. The molecule has 1 aromatic rings. The van der Waals surface area contributed by atoms with Gasteiger partial charge < -0.3 is 4.74 Å². The van der Waals surface area contributed by atoms with Gasteiger partial charge in [-0.3, -0.25) is 0 Å². The molecule has 3 aliphatic rings. The molecule has 2 saturated carbocycles. The largest absolute Gasteiger partial charge is 0.477 e. The molecule has 2 aliphatic carbocycles. The number of benzene rings is 1. The monoisotopic (exact) mass is 241 g/mol. The molecule has 2 fully saturated rings. The number of nitrogens with zero attached hydrogens (tertiary/aromatic N) is 1. The third kappa shape index (κ3) is 1.51. The number of hydrogen-bond donors (Lipinski definition) is 0. The number of fused-ring (bicyclic) bond motifs is 5. The van der Waals surface area contributed by atoms with E-state index in [1.54, 1.807) is 0 Å². The van der Waals surface area contributed by atoms with E-state index in [4.69, 9.17) is 9.73 Å². The van der Waals surface area contributed by atoms with Gasteiger partial charge in [0.15, 0.2) is 0 Å². The molecule has 0 unspecified atom stereocenters. The van der Waals surface area contributed by atoms with Crippen molar-refractivity contribution < 1.29 is 4.74 Å². The fourth-order valence-electron chi connectivity index (χ4n) is 4.02. The molecular weight excluding hydrogens is 222 g/mol. The van der Waals surface area contributed by atoms with Gasteiger partial charge in [-0.05, 0) is 50.2 Å². The molecule has 1 aliphatic heterocycles. The summed E-state index contributed by atoms with van der Waals surface area (Å²) in [6.07, 6.45) is 4.18. The first-order valence-corrected chi connectivity index (χ1v) is 7.09. The van der Waals surface area contributed by atoms with Crippen LogP contribution in [0.1, 0.15) is 30.4 Å². The van der Waals surface area contributed by atoms with Crippen LogP contribution in [0.3, 0.4) is 0 Å². The summed E-state index contributed by atoms with van der Waals surface area (Å²) >= 11 is 0. The minimum Gasteiger partial charge on any atom is -0.477 e. The Morgan fingerprint density at radius 2 is 1.89 bits per heavy atom. The number of aliphatic imine (C=N–C) groups is 1. The zero-order chi connectivity index (χ0) is 12.1. The molecule has 1 heterocycles. The molecule has 1 aromatic carbocycles. The quantitative estimate of drug-likeness (QED) is 0.740. The molecule has 0 radical (unpaired) electrons. The van der Waals surface area contributed by atoms with Crippen LogP contribution in [0, 0.1) is 24.7 Å². The van der Waals surface area contributed by atoms with Crippen molar-refractivity contribution in [2.45, 2.75) is 32.2 Å². The molecule has 0 amide bonds. The second-order valence-electron chi connectivity index (χ2n) is 6.10. The second-order valence-corrected chi connectivity index (χ2v) is 6.10. The molecule has 94 valence electrons. The average Bonchev–Trinajstić information content (AvgIpc) is 3.01. The van der Waals surface area contributed by atoms with Crippen LogP contribution in [0.15, 0.2) is 29.3 Å². The Labute approximate surface area is 108 Å². The molecule has 2 heteroatoms. The van der Waals surface area contributed by atoms with Crippen molar-refractivity contribution in [3.63, 3.8) is 0 Å². The highest BCUT2D eigenvalue weighted by atomic mass is 16.5. The molecule has 0 spiro atoms. The summed E-state index contributed by atoms with van der Waals surface area (Å²) in [5.74, 6) is 3.31. The van der Waals surface area contributed by atoms with E-state index in [2.05, 4.69) is 31.2 Å². The zero-order valence-corrected chi connectivity index (χ0v) is 10.8. The SMILES string of the molecule is Cc1ccc(C2=N[C@@H]3[C@@H]4CC[C@@H](C4)[C@@H]3CO2)cc1. The third-order valence-corrected chi connectivity index (χ3v) is 5.02. The molecule has 0 N–H and O–H groups in total. The highest BCUT2D eigenvalue weighted by Gasteiger charge is 2.49. The number of ether oxygens (including phenoxy) is 1. The Balaban J connectivity index is 1.65. The Bertz CT molecular complexity index is 490. The van der Waals surface area contributed by atoms with Crippen LogP contribution in [-0.2, 0) is 4.74 Å². The molecule has 18 heavy (non-hydrogen) atoms. The van der Waals surface area contributed by atoms with E-state index in [1.807, 2.05) is 0 Å². The lowest BCUT2D eigenvalue weighted by Crippen LogP contribution is -2.36. The van der Waals surface area contributed by atoms with Crippen LogP contribution >= 0.6 is 0 Å². The maximum atomic E-state index is 5.92. The van der Waals surface area contributed by atoms with Crippen molar-refractivity contribution in [1.82, 2.24) is 0 Å². The average molecular weight is 241 g/mol. The van der Waals surface area contributed by atoms with Gasteiger partial charge in [0.1, 0.15) is 0 Å². The van der Waals surface area contributed by atoms with Crippen molar-refractivity contribution in [2.75, 3.05) is 6.61 Å². The van der Waals surface area contributed by atoms with Crippen LogP contribution in [0.2, 0.25) is 0 Å². The van der Waals surface area contributed by atoms with Gasteiger partial charge in [-0.15, -0.1) is 0 Å². The van der Waals surface area contributed by atoms with E-state index < -0.39 is 0 Å². The number of hydrogen-bond acceptors (Lipinski definition) is 2. The second kappa shape index (κ2) is 3.84. The van der Waals surface area contributed by atoms with E-state index in [0.717, 1.165) is 29.9 Å². The van der Waals surface area contributed by atoms with Crippen LogP contribution in [0.25, 0.3) is 0 Å². The molecule has 2 bridgehead atoms. The summed E-state index contributed by atoms with van der Waals surface area (Å²) in [6.45, 7) is 3.00. The lowest BCUT2D eigenvalue weighted by atomic mass is 9.84. The van der Waals surface area contributed by atoms with Gasteiger partial charge in [0, 0.05) is 11.5 Å². The zero-order valence-electron chi connectivity index (χ0n) is 10.8. The van der Waals surface area contributed by atoms with Gasteiger partial charge >= 0.3 is 0 Å². The summed E-state index contributed by atoms with van der Waals surface area (Å²) in [7, 11) is 0. The Kier molecular flexibility index (Phi) is 2.26. The molecule has 0 saturated heterocycles. The van der Waals surface area contributed by atoms with Gasteiger partial charge in [-0.2, -0.15) is 0 Å². The van der Waals surface area contributed by atoms with Crippen LogP contribution in [0.5, 0.6) is 0 Å². The van der Waals surface area contributed by atoms with Gasteiger partial charge in [0.2, 0.25) is 5.90 Å². The minimum atomic E-state index is 0.550. The molecule has 2 nitrogen and oxygen atoms in total. The molecule has 4 rings (SSSR count). The van der Waals surface area contributed by atoms with Gasteiger partial charge in [0.25, 0.3) is 0 Å². The smallest absolute Gasteiger partial charge is 0.216 e. The summed E-state index contributed by atoms with van der Waals surface area (Å²) in [4.78, 5) is 4.92. The molecule has 0 aromatic heterocycles. The predicted octanol–water partition coefficient (Wildman–Crippen LogP) is 3.19. The van der Waals surface area contributed by atoms with Crippen LogP contribution < -0.4 is 0 Å². The predicted molar refractivity (Wildman–Crippen MR) is 71.8 cm³/mol. The number of aryl methyl sites for hydroxylation is 1. The molecule has 4 atom stereocenters. The van der Waals surface area contributed by atoms with Gasteiger partial charge in [0.05, 0.1) is 12.6 Å². The Morgan fingerprint density at radius 1 is 1.11 bits per heavy atom. The van der Waals surface area contributed by atoms with Crippen molar-refractivity contribution in [3.05, 3.63) is 35.4 Å². The van der Waals surface area contributed by atoms with Crippen molar-refractivity contribution >= 4 is 5.90 Å². The first-order chi connectivity index (χ1) is 8.81. The Hall–Kier alpha value is -1.31. The highest BCUT2D eigenvalue weighted by Crippen LogP contribution is 2.51. The normalized spacial score (nSPS) is 37.1. The minimum absolute atomic E-state index is 0.550. The summed E-state index contributed by atoms with van der Waals surface area (Å²) in [5.41, 5.74) is 2.43. The van der Waals surface area contributed by atoms with E-state index in [9.17, 15) is 0 Å². The summed E-state index contributed by atoms with van der Waals surface area (Å²) in [5, 5.41) is 0. The van der Waals surface area contributed by atoms with E-state index >= 15 is 0 Å². The number of rotatable bonds is 1. The fraction of sp³-hybridized carbons (Fsp3) is 0.562. The topological polar surface area (TPSA) is 21.6 Å². The van der Waals surface area contributed by atoms with Crippen molar-refractivity contribution in [2.24, 2.45) is 22.7 Å². The Morgan fingerprint density at radius 3 is 2.72 bits per heavy atom. The van der Waals surface area contributed by atoms with Crippen molar-refractivity contribution in [3.8, 4) is 0 Å². The lowest BCUT2D eigenvalue weighted by molar-refractivity contribution is 0.145. The van der Waals surface area contributed by atoms with E-state index in [1.165, 1.54) is 24.8 Å². The summed E-state index contributed by atoms with van der Waals surface area (Å²) in [6, 6.07) is 9.07. The van der Waals surface area contributed by atoms with Crippen LogP contribution in [0.4, 0.5) is 0 Å². The molecular formula is C16H19NO.